The number of rotatable bonds is 10. The van der Waals surface area contributed by atoms with Crippen molar-refractivity contribution in [3.8, 4) is 11.1 Å². The Morgan fingerprint density at radius 3 is 2.14 bits per heavy atom. The molecule has 0 aliphatic heterocycles. The van der Waals surface area contributed by atoms with Crippen LogP contribution in [0.2, 0.25) is 5.02 Å². The van der Waals surface area contributed by atoms with Gasteiger partial charge in [-0.15, -0.1) is 0 Å². The zero-order valence-electron chi connectivity index (χ0n) is 18.2. The van der Waals surface area contributed by atoms with Crippen molar-refractivity contribution in [2.75, 3.05) is 6.54 Å². The van der Waals surface area contributed by atoms with E-state index in [-0.39, 0.29) is 24.3 Å². The van der Waals surface area contributed by atoms with Gasteiger partial charge in [-0.3, -0.25) is 9.59 Å². The molecule has 0 aromatic heterocycles. The van der Waals surface area contributed by atoms with Crippen LogP contribution in [0.5, 0.6) is 0 Å². The van der Waals surface area contributed by atoms with Gasteiger partial charge in [-0.25, -0.2) is 17.2 Å². The lowest BCUT2D eigenvalue weighted by Crippen LogP contribution is -2.41. The molecule has 1 atom stereocenters. The van der Waals surface area contributed by atoms with Crippen molar-refractivity contribution in [3.63, 3.8) is 0 Å². The van der Waals surface area contributed by atoms with E-state index < -0.39 is 45.1 Å². The first-order valence-electron chi connectivity index (χ1n) is 10.4. The third kappa shape index (κ3) is 7.08. The molecule has 0 aliphatic rings. The Balaban J connectivity index is 1.59. The highest BCUT2D eigenvalue weighted by Crippen LogP contribution is 2.23. The molecule has 0 unspecified atom stereocenters. The van der Waals surface area contributed by atoms with E-state index in [1.54, 1.807) is 36.4 Å². The molecule has 1 amide bonds. The molecule has 0 aliphatic carbocycles. The van der Waals surface area contributed by atoms with Gasteiger partial charge in [0, 0.05) is 11.6 Å². The van der Waals surface area contributed by atoms with Gasteiger partial charge in [-0.1, -0.05) is 35.9 Å². The monoisotopic (exact) mass is 522 g/mol. The highest BCUT2D eigenvalue weighted by molar-refractivity contribution is 7.89. The number of carboxylic acids is 1. The predicted molar refractivity (Wildman–Crippen MR) is 127 cm³/mol. The Morgan fingerprint density at radius 2 is 1.54 bits per heavy atom. The number of halogens is 3. The highest BCUT2D eigenvalue weighted by Gasteiger charge is 2.25. The van der Waals surface area contributed by atoms with Gasteiger partial charge in [-0.05, 0) is 66.4 Å². The minimum atomic E-state index is -4.15. The second kappa shape index (κ2) is 11.4. The number of nitrogens with one attached hydrogen (secondary N) is 2. The third-order valence-electron chi connectivity index (χ3n) is 5.07. The molecule has 35 heavy (non-hydrogen) atoms. The van der Waals surface area contributed by atoms with Crippen LogP contribution in [-0.2, 0) is 14.8 Å². The maximum absolute atomic E-state index is 13.7. The zero-order chi connectivity index (χ0) is 25.6. The fourth-order valence-corrected chi connectivity index (χ4v) is 4.58. The third-order valence-corrected chi connectivity index (χ3v) is 6.81. The molecule has 7 nitrogen and oxygen atoms in total. The number of benzene rings is 3. The van der Waals surface area contributed by atoms with E-state index in [9.17, 15) is 31.9 Å². The van der Waals surface area contributed by atoms with Crippen molar-refractivity contribution in [1.82, 2.24) is 10.0 Å². The summed E-state index contributed by atoms with van der Waals surface area (Å²) in [5.41, 5.74) is 1.10. The van der Waals surface area contributed by atoms with Crippen LogP contribution >= 0.6 is 11.6 Å². The van der Waals surface area contributed by atoms with Crippen LogP contribution in [0.25, 0.3) is 11.1 Å². The van der Waals surface area contributed by atoms with E-state index in [2.05, 4.69) is 10.0 Å². The minimum Gasteiger partial charge on any atom is -0.480 e. The Labute approximate surface area is 205 Å². The average Bonchev–Trinajstić information content (AvgIpc) is 2.82. The van der Waals surface area contributed by atoms with Gasteiger partial charge in [0.15, 0.2) is 0 Å². The van der Waals surface area contributed by atoms with E-state index in [0.717, 1.165) is 29.3 Å². The van der Waals surface area contributed by atoms with E-state index in [1.165, 1.54) is 12.1 Å². The van der Waals surface area contributed by atoms with Gasteiger partial charge < -0.3 is 10.4 Å². The molecule has 0 bridgehead atoms. The summed E-state index contributed by atoms with van der Waals surface area (Å²) in [5, 5.41) is 12.4. The SMILES string of the molecule is O=C(NCCC[C@H](NS(=O)(=O)c1ccc(-c2ccc(Cl)cc2)cc1)C(=O)O)c1cc(F)ccc1F. The summed E-state index contributed by atoms with van der Waals surface area (Å²) >= 11 is 5.87. The first kappa shape index (κ1) is 26.3. The van der Waals surface area contributed by atoms with Gasteiger partial charge in [0.05, 0.1) is 10.5 Å². The van der Waals surface area contributed by atoms with E-state index in [4.69, 9.17) is 11.6 Å². The molecular weight excluding hydrogens is 502 g/mol. The number of amides is 1. The molecule has 3 aromatic rings. The first-order valence-corrected chi connectivity index (χ1v) is 12.3. The number of hydrogen-bond donors (Lipinski definition) is 3. The minimum absolute atomic E-state index is 0.0671. The number of hydrogen-bond acceptors (Lipinski definition) is 4. The normalized spacial score (nSPS) is 12.2. The summed E-state index contributed by atoms with van der Waals surface area (Å²) in [7, 11) is -4.15. The molecule has 0 heterocycles. The second-order valence-electron chi connectivity index (χ2n) is 7.57. The Bertz CT molecular complexity index is 1320. The smallest absolute Gasteiger partial charge is 0.321 e. The lowest BCUT2D eigenvalue weighted by atomic mass is 10.1. The predicted octanol–water partition coefficient (Wildman–Crippen LogP) is 4.23. The van der Waals surface area contributed by atoms with Crippen molar-refractivity contribution in [1.29, 1.82) is 0 Å². The maximum Gasteiger partial charge on any atom is 0.321 e. The lowest BCUT2D eigenvalue weighted by molar-refractivity contribution is -0.139. The number of aliphatic carboxylic acids is 1. The number of sulfonamides is 1. The summed E-state index contributed by atoms with van der Waals surface area (Å²) in [6.45, 7) is -0.0733. The molecule has 0 saturated carbocycles. The van der Waals surface area contributed by atoms with Crippen molar-refractivity contribution in [2.45, 2.75) is 23.8 Å². The molecule has 0 saturated heterocycles. The molecule has 184 valence electrons. The molecule has 0 fully saturated rings. The van der Waals surface area contributed by atoms with Crippen molar-refractivity contribution in [3.05, 3.63) is 89.0 Å². The van der Waals surface area contributed by atoms with Crippen LogP contribution in [0.15, 0.2) is 71.6 Å². The van der Waals surface area contributed by atoms with Gasteiger partial charge in [0.2, 0.25) is 10.0 Å². The molecule has 3 aromatic carbocycles. The van der Waals surface area contributed by atoms with E-state index >= 15 is 0 Å². The Morgan fingerprint density at radius 1 is 0.943 bits per heavy atom. The van der Waals surface area contributed by atoms with Crippen LogP contribution in [0, 0.1) is 11.6 Å². The van der Waals surface area contributed by atoms with E-state index in [0.29, 0.717) is 5.02 Å². The van der Waals surface area contributed by atoms with Crippen LogP contribution in [-0.4, -0.2) is 38.0 Å². The summed E-state index contributed by atoms with van der Waals surface area (Å²) in [6, 6.07) is 13.9. The van der Waals surface area contributed by atoms with E-state index in [1.807, 2.05) is 0 Å². The molecular formula is C24H21ClF2N2O5S. The summed E-state index contributed by atoms with van der Waals surface area (Å²) in [5.74, 6) is -3.94. The van der Waals surface area contributed by atoms with Crippen molar-refractivity contribution in [2.24, 2.45) is 0 Å². The lowest BCUT2D eigenvalue weighted by Gasteiger charge is -2.15. The van der Waals surface area contributed by atoms with Crippen molar-refractivity contribution >= 4 is 33.5 Å². The van der Waals surface area contributed by atoms with Crippen LogP contribution < -0.4 is 10.0 Å². The largest absolute Gasteiger partial charge is 0.480 e. The molecule has 0 spiro atoms. The number of carbonyl (C=O) groups excluding carboxylic acids is 1. The van der Waals surface area contributed by atoms with Gasteiger partial charge in [0.25, 0.3) is 5.91 Å². The number of carbonyl (C=O) groups is 2. The summed E-state index contributed by atoms with van der Waals surface area (Å²) < 4.78 is 54.4. The maximum atomic E-state index is 13.7. The second-order valence-corrected chi connectivity index (χ2v) is 9.72. The highest BCUT2D eigenvalue weighted by atomic mass is 35.5. The quantitative estimate of drug-likeness (QED) is 0.345. The standard InChI is InChI=1S/C24H21ClF2N2O5S/c25-17-7-3-15(4-8-17)16-5-10-19(11-6-16)35(33,34)29-22(24(31)32)2-1-13-28-23(30)20-14-18(26)9-12-21(20)27/h3-12,14,22,29H,1-2,13H2,(H,28,30)(H,31,32)/t22-/m0/s1. The first-order chi connectivity index (χ1) is 16.6. The fraction of sp³-hybridized carbons (Fsp3) is 0.167. The van der Waals surface area contributed by atoms with Crippen LogP contribution in [0.3, 0.4) is 0 Å². The molecule has 3 rings (SSSR count). The summed E-state index contributed by atoms with van der Waals surface area (Å²) in [6.07, 6.45) is -0.0823. The van der Waals surface area contributed by atoms with Gasteiger partial charge >= 0.3 is 5.97 Å². The Hall–Kier alpha value is -3.34. The zero-order valence-corrected chi connectivity index (χ0v) is 19.7. The molecule has 11 heteroatoms. The van der Waals surface area contributed by atoms with Crippen LogP contribution in [0.4, 0.5) is 8.78 Å². The summed E-state index contributed by atoms with van der Waals surface area (Å²) in [4.78, 5) is 23.5. The van der Waals surface area contributed by atoms with Crippen LogP contribution in [0.1, 0.15) is 23.2 Å². The Kier molecular flexibility index (Phi) is 8.55. The fourth-order valence-electron chi connectivity index (χ4n) is 3.23. The average molecular weight is 523 g/mol. The molecule has 3 N–H and O–H groups in total. The topological polar surface area (TPSA) is 113 Å². The number of carboxylic acid groups (broad SMARTS) is 1. The van der Waals surface area contributed by atoms with Crippen molar-refractivity contribution < 1.29 is 31.9 Å². The van der Waals surface area contributed by atoms with Gasteiger partial charge in [-0.2, -0.15) is 4.72 Å². The molecule has 0 radical (unpaired) electrons. The van der Waals surface area contributed by atoms with Gasteiger partial charge in [0.1, 0.15) is 17.7 Å².